The van der Waals surface area contributed by atoms with Crippen LogP contribution in [-0.2, 0) is 14.0 Å². The summed E-state index contributed by atoms with van der Waals surface area (Å²) in [5, 5.41) is 0. The highest BCUT2D eigenvalue weighted by atomic mass is 31.1. The average molecular weight is 267 g/mol. The number of hydrogen-bond acceptors (Lipinski definition) is 4. The van der Waals surface area contributed by atoms with Crippen LogP contribution in [0.3, 0.4) is 0 Å². The van der Waals surface area contributed by atoms with E-state index in [1.54, 1.807) is 0 Å². The van der Waals surface area contributed by atoms with Crippen molar-refractivity contribution in [3.8, 4) is 0 Å². The molecule has 0 aromatic rings. The predicted octanol–water partition coefficient (Wildman–Crippen LogP) is 1.74. The van der Waals surface area contributed by atoms with Crippen LogP contribution in [0.5, 0.6) is 0 Å². The first-order valence-corrected chi connectivity index (χ1v) is 4.79. The third-order valence-corrected chi connectivity index (χ3v) is 1.19. The number of alkyl halides is 3. The van der Waals surface area contributed by atoms with Crippen molar-refractivity contribution in [2.45, 2.75) is 25.6 Å². The molecule has 0 aliphatic rings. The maximum absolute atomic E-state index is 12.0. The Balaban J connectivity index is 0. The summed E-state index contributed by atoms with van der Waals surface area (Å²) in [5.74, 6) is 0. The Morgan fingerprint density at radius 3 is 1.75 bits per heavy atom. The molecule has 16 heavy (non-hydrogen) atoms. The zero-order valence-corrected chi connectivity index (χ0v) is 9.50. The molecule has 0 aliphatic carbocycles. The van der Waals surface area contributed by atoms with Gasteiger partial charge in [0, 0.05) is 4.57 Å². The van der Waals surface area contributed by atoms with Gasteiger partial charge in [-0.25, -0.2) is 4.79 Å². The topological polar surface area (TPSA) is 93.1 Å². The second-order valence-electron chi connectivity index (χ2n) is 2.82. The lowest BCUT2D eigenvalue weighted by atomic mass is 10.1. The average Bonchev–Trinajstić information content (AvgIpc) is 1.99. The minimum absolute atomic E-state index is 0.740. The molecule has 0 radical (unpaired) electrons. The van der Waals surface area contributed by atoms with Gasteiger partial charge in [-0.05, 0) is 13.8 Å². The molecule has 10 heteroatoms. The first kappa shape index (κ1) is 17.5. The van der Waals surface area contributed by atoms with Crippen LogP contribution in [-0.4, -0.2) is 34.8 Å². The van der Waals surface area contributed by atoms with Crippen LogP contribution in [0.25, 0.3) is 0 Å². The number of carbonyl (C=O) groups excluding carboxylic acids is 1. The van der Waals surface area contributed by atoms with Crippen molar-refractivity contribution in [2.24, 2.45) is 0 Å². The molecule has 0 aliphatic heterocycles. The summed E-state index contributed by atoms with van der Waals surface area (Å²) in [4.78, 5) is 24.6. The molecule has 0 fully saturated rings. The molecule has 96 valence electrons. The van der Waals surface area contributed by atoms with Gasteiger partial charge in [0.05, 0.1) is 7.11 Å². The number of hydrogen-bond donors (Lipinski definition) is 2. The number of carbonyl (C=O) groups is 1. The third-order valence-electron chi connectivity index (χ3n) is 1.19. The van der Waals surface area contributed by atoms with Gasteiger partial charge in [0.15, 0.2) is 0 Å². The fourth-order valence-electron chi connectivity index (χ4n) is 0.308. The maximum Gasteiger partial charge on any atom is 0.692 e. The van der Waals surface area contributed by atoms with E-state index in [1.165, 1.54) is 0 Å². The highest BCUT2D eigenvalue weighted by Gasteiger charge is 2.51. The molecule has 2 N–H and O–H groups in total. The summed E-state index contributed by atoms with van der Waals surface area (Å²) >= 11 is 0. The van der Waals surface area contributed by atoms with E-state index >= 15 is 0 Å². The van der Waals surface area contributed by atoms with Gasteiger partial charge in [-0.15, -0.1) is 9.79 Å². The lowest BCUT2D eigenvalue weighted by Gasteiger charge is -2.26. The number of rotatable bonds is 1. The second-order valence-corrected chi connectivity index (χ2v) is 3.32. The summed E-state index contributed by atoms with van der Waals surface area (Å²) in [6, 6.07) is 0. The van der Waals surface area contributed by atoms with Gasteiger partial charge in [0.2, 0.25) is 5.60 Å². The molecule has 0 bridgehead atoms. The molecular formula is C6H11F3O6P+. The number of methoxy groups -OCH3 is 1. The largest absolute Gasteiger partial charge is 0.692 e. The van der Waals surface area contributed by atoms with Gasteiger partial charge in [-0.2, -0.15) is 13.2 Å². The van der Waals surface area contributed by atoms with Crippen LogP contribution in [0, 0.1) is 0 Å². The predicted molar refractivity (Wildman–Crippen MR) is 45.7 cm³/mol. The van der Waals surface area contributed by atoms with Crippen molar-refractivity contribution in [1.82, 2.24) is 0 Å². The zero-order valence-electron chi connectivity index (χ0n) is 8.61. The normalized spacial score (nSPS) is 11.0. The Morgan fingerprint density at radius 2 is 1.56 bits per heavy atom. The molecule has 0 spiro atoms. The smallest absolute Gasteiger partial charge is 0.438 e. The van der Waals surface area contributed by atoms with E-state index in [0.29, 0.717) is 0 Å². The van der Waals surface area contributed by atoms with Crippen LogP contribution in [0.15, 0.2) is 0 Å². The van der Waals surface area contributed by atoms with E-state index in [9.17, 15) is 18.0 Å². The van der Waals surface area contributed by atoms with Crippen molar-refractivity contribution >= 4 is 14.4 Å². The summed E-state index contributed by atoms with van der Waals surface area (Å²) in [6.45, 7) is 1.48. The Morgan fingerprint density at radius 1 is 1.25 bits per heavy atom. The lowest BCUT2D eigenvalue weighted by Crippen LogP contribution is -2.43. The van der Waals surface area contributed by atoms with Crippen LogP contribution < -0.4 is 0 Å². The van der Waals surface area contributed by atoms with E-state index < -0.39 is 26.2 Å². The van der Waals surface area contributed by atoms with E-state index in [4.69, 9.17) is 14.4 Å². The number of halogens is 3. The van der Waals surface area contributed by atoms with Gasteiger partial charge in [0.1, 0.15) is 0 Å². The van der Waals surface area contributed by atoms with Gasteiger partial charge in [-0.3, -0.25) is 0 Å². The zero-order chi connectivity index (χ0) is 13.6. The summed E-state index contributed by atoms with van der Waals surface area (Å²) in [6.07, 6.45) is -5.95. The summed E-state index contributed by atoms with van der Waals surface area (Å²) in [5.41, 5.74) is -2.51. The van der Waals surface area contributed by atoms with Crippen molar-refractivity contribution in [3.63, 3.8) is 0 Å². The van der Waals surface area contributed by atoms with Gasteiger partial charge in [-0.1, -0.05) is 0 Å². The fraction of sp³-hybridized carbons (Fsp3) is 0.833. The molecular weight excluding hydrogens is 256 g/mol. The molecule has 0 heterocycles. The van der Waals surface area contributed by atoms with Crippen LogP contribution in [0.2, 0.25) is 0 Å². The Bertz CT molecular complexity index is 247. The van der Waals surface area contributed by atoms with Gasteiger partial charge in [0.25, 0.3) is 0 Å². The quantitative estimate of drug-likeness (QED) is 0.555. The molecule has 0 saturated carbocycles. The molecule has 0 atom stereocenters. The first-order chi connectivity index (χ1) is 6.94. The molecule has 0 aromatic carbocycles. The molecule has 0 amide bonds. The van der Waals surface area contributed by atoms with Crippen LogP contribution >= 0.6 is 8.25 Å². The third kappa shape index (κ3) is 8.39. The van der Waals surface area contributed by atoms with Gasteiger partial charge >= 0.3 is 20.6 Å². The Kier molecular flexibility index (Phi) is 7.23. The highest BCUT2D eigenvalue weighted by molar-refractivity contribution is 7.30. The van der Waals surface area contributed by atoms with Crippen LogP contribution in [0.4, 0.5) is 18.0 Å². The molecule has 0 aromatic heterocycles. The van der Waals surface area contributed by atoms with Crippen molar-refractivity contribution in [3.05, 3.63) is 0 Å². The minimum Gasteiger partial charge on any atom is -0.438 e. The second kappa shape index (κ2) is 6.62. The summed E-state index contributed by atoms with van der Waals surface area (Å²) in [7, 11) is -1.93. The van der Waals surface area contributed by atoms with Crippen molar-refractivity contribution < 1.29 is 41.8 Å². The molecule has 0 rings (SSSR count). The molecule has 6 nitrogen and oxygen atoms in total. The van der Waals surface area contributed by atoms with E-state index in [1.807, 2.05) is 0 Å². The van der Waals surface area contributed by atoms with E-state index in [2.05, 4.69) is 9.47 Å². The first-order valence-electron chi connectivity index (χ1n) is 3.62. The van der Waals surface area contributed by atoms with E-state index in [0.717, 1.165) is 21.0 Å². The standard InChI is InChI=1S/C6H9F3O3.HO3P/c1-5(2,6(7,8)9)12-4(10)11-3;1-4(2)3/h1-3H3;(H-,1,2,3)/p+1. The molecule has 0 unspecified atom stereocenters. The summed E-state index contributed by atoms with van der Waals surface area (Å²) < 4.78 is 52.6. The SMILES string of the molecule is COC(=O)OC(C)(C)C(F)(F)F.O=[P+](O)O. The highest BCUT2D eigenvalue weighted by Crippen LogP contribution is 2.32. The minimum atomic E-state index is -4.60. The van der Waals surface area contributed by atoms with Crippen molar-refractivity contribution in [1.29, 1.82) is 0 Å². The maximum atomic E-state index is 12.0. The Hall–Kier alpha value is -0.920. The fourth-order valence-corrected chi connectivity index (χ4v) is 0.308. The van der Waals surface area contributed by atoms with Crippen LogP contribution in [0.1, 0.15) is 13.8 Å². The molecule has 0 saturated heterocycles. The monoisotopic (exact) mass is 267 g/mol. The Labute approximate surface area is 89.9 Å². The van der Waals surface area contributed by atoms with Gasteiger partial charge < -0.3 is 9.47 Å². The number of ether oxygens (including phenoxy) is 2. The lowest BCUT2D eigenvalue weighted by molar-refractivity contribution is -0.248. The van der Waals surface area contributed by atoms with Crippen molar-refractivity contribution in [2.75, 3.05) is 7.11 Å². The van der Waals surface area contributed by atoms with E-state index in [-0.39, 0.29) is 0 Å².